The van der Waals surface area contributed by atoms with Crippen LogP contribution in [-0.2, 0) is 0 Å². The van der Waals surface area contributed by atoms with Crippen LogP contribution in [0.2, 0.25) is 0 Å². The molecule has 1 radical (unpaired) electrons. The van der Waals surface area contributed by atoms with E-state index in [0.29, 0.717) is 11.3 Å². The van der Waals surface area contributed by atoms with Crippen LogP contribution >= 0.6 is 23.1 Å². The van der Waals surface area contributed by atoms with Gasteiger partial charge >= 0.3 is 0 Å². The smallest absolute Gasteiger partial charge is 0.232 e. The van der Waals surface area contributed by atoms with Crippen molar-refractivity contribution in [2.45, 2.75) is 25.6 Å². The summed E-state index contributed by atoms with van der Waals surface area (Å²) >= 11 is 3.46. The molecule has 1 aliphatic heterocycles. The molecule has 2 unspecified atom stereocenters. The maximum absolute atomic E-state index is 5.28. The van der Waals surface area contributed by atoms with E-state index in [0.717, 1.165) is 22.1 Å². The summed E-state index contributed by atoms with van der Waals surface area (Å²) in [5.74, 6) is 1.28. The maximum atomic E-state index is 5.28. The fourth-order valence-corrected chi connectivity index (χ4v) is 3.95. The van der Waals surface area contributed by atoms with Crippen molar-refractivity contribution >= 4 is 33.9 Å². The normalized spacial score (nSPS) is 20.6. The van der Waals surface area contributed by atoms with E-state index in [-0.39, 0.29) is 0 Å². The molecule has 2 aromatic rings. The first-order chi connectivity index (χ1) is 9.29. The number of thioether (sulfide) groups is 1. The Morgan fingerprint density at radius 1 is 1.58 bits per heavy atom. The van der Waals surface area contributed by atoms with Gasteiger partial charge in [-0.25, -0.2) is 0 Å². The van der Waals surface area contributed by atoms with Crippen molar-refractivity contribution in [2.75, 3.05) is 4.90 Å². The van der Waals surface area contributed by atoms with Crippen LogP contribution in [0.25, 0.3) is 4.91 Å². The molecule has 0 bridgehead atoms. The van der Waals surface area contributed by atoms with E-state index in [2.05, 4.69) is 35.1 Å². The van der Waals surface area contributed by atoms with E-state index >= 15 is 0 Å². The van der Waals surface area contributed by atoms with Gasteiger partial charge in [-0.2, -0.15) is 0 Å². The second kappa shape index (κ2) is 5.38. The molecule has 0 fully saturated rings. The number of hydrogen-bond acceptors (Lipinski definition) is 6. The number of hydrogen-bond donors (Lipinski definition) is 0. The van der Waals surface area contributed by atoms with E-state index < -0.39 is 0 Å². The van der Waals surface area contributed by atoms with Crippen LogP contribution in [0, 0.1) is 12.1 Å². The number of nitrogens with zero attached hydrogens (tertiary/aromatic N) is 3. The fraction of sp³-hybridized carbons (Fsp3) is 0.385. The molecule has 0 spiro atoms. The molecule has 0 saturated carbocycles. The van der Waals surface area contributed by atoms with Crippen LogP contribution in [0.15, 0.2) is 28.5 Å². The minimum Gasteiger partial charge on any atom is -0.338 e. The molecule has 1 aliphatic rings. The van der Waals surface area contributed by atoms with Gasteiger partial charge in [-0.1, -0.05) is 37.2 Å². The molecule has 2 aromatic heterocycles. The molecule has 0 amide bonds. The fourth-order valence-electron chi connectivity index (χ4n) is 1.90. The predicted molar refractivity (Wildman–Crippen MR) is 78.6 cm³/mol. The molecular weight excluding hydrogens is 278 g/mol. The summed E-state index contributed by atoms with van der Waals surface area (Å²) in [5, 5.41) is 4.09. The molecule has 19 heavy (non-hydrogen) atoms. The Kier molecular flexibility index (Phi) is 3.61. The van der Waals surface area contributed by atoms with Crippen LogP contribution in [-0.4, -0.2) is 15.5 Å². The van der Waals surface area contributed by atoms with E-state index in [9.17, 15) is 0 Å². The monoisotopic (exact) mass is 292 g/mol. The Morgan fingerprint density at radius 2 is 2.47 bits per heavy atom. The zero-order valence-corrected chi connectivity index (χ0v) is 12.4. The standard InChI is InChI=1S/C13H14N3OS2/c1-3-9(2)13-16(12-4-5-15-17-12)7-11(19-13)10-6-14-8-18-10/h4-6,8-9,13H,3H2,1-2H3. The van der Waals surface area contributed by atoms with E-state index in [1.54, 1.807) is 17.5 Å². The summed E-state index contributed by atoms with van der Waals surface area (Å²) in [6.07, 6.45) is 8.07. The van der Waals surface area contributed by atoms with E-state index in [1.807, 2.05) is 29.5 Å². The highest BCUT2D eigenvalue weighted by atomic mass is 32.2. The second-order valence-electron chi connectivity index (χ2n) is 4.42. The van der Waals surface area contributed by atoms with Gasteiger partial charge in [-0.15, -0.1) is 11.3 Å². The minimum absolute atomic E-state index is 0.301. The van der Waals surface area contributed by atoms with Crippen LogP contribution in [0.5, 0.6) is 0 Å². The number of rotatable bonds is 4. The van der Waals surface area contributed by atoms with E-state index in [1.165, 1.54) is 0 Å². The molecule has 0 saturated heterocycles. The van der Waals surface area contributed by atoms with Crippen molar-refractivity contribution in [3.63, 3.8) is 0 Å². The van der Waals surface area contributed by atoms with Gasteiger partial charge in [0.05, 0.1) is 33.1 Å². The third-order valence-corrected chi connectivity index (χ3v) is 5.55. The highest BCUT2D eigenvalue weighted by molar-refractivity contribution is 8.09. The van der Waals surface area contributed by atoms with Crippen molar-refractivity contribution in [3.05, 3.63) is 35.0 Å². The predicted octanol–water partition coefficient (Wildman–Crippen LogP) is 3.86. The maximum Gasteiger partial charge on any atom is 0.232 e. The quantitative estimate of drug-likeness (QED) is 0.856. The van der Waals surface area contributed by atoms with Crippen LogP contribution in [0.3, 0.4) is 0 Å². The van der Waals surface area contributed by atoms with Gasteiger partial charge in [-0.3, -0.25) is 9.88 Å². The largest absolute Gasteiger partial charge is 0.338 e. The van der Waals surface area contributed by atoms with Gasteiger partial charge in [0.1, 0.15) is 0 Å². The van der Waals surface area contributed by atoms with Crippen molar-refractivity contribution in [2.24, 2.45) is 5.92 Å². The summed E-state index contributed by atoms with van der Waals surface area (Å²) < 4.78 is 5.28. The van der Waals surface area contributed by atoms with Gasteiger partial charge in [0, 0.05) is 12.3 Å². The van der Waals surface area contributed by atoms with Crippen molar-refractivity contribution in [3.8, 4) is 0 Å². The zero-order chi connectivity index (χ0) is 13.2. The Labute approximate surface area is 120 Å². The van der Waals surface area contributed by atoms with E-state index in [4.69, 9.17) is 4.52 Å². The lowest BCUT2D eigenvalue weighted by molar-refractivity contribution is 0.410. The van der Waals surface area contributed by atoms with Gasteiger partial charge in [0.15, 0.2) is 0 Å². The second-order valence-corrected chi connectivity index (χ2v) is 6.43. The Balaban J connectivity index is 1.92. The van der Waals surface area contributed by atoms with Crippen molar-refractivity contribution < 1.29 is 4.52 Å². The van der Waals surface area contributed by atoms with Gasteiger partial charge in [0.25, 0.3) is 0 Å². The van der Waals surface area contributed by atoms with Gasteiger partial charge < -0.3 is 4.52 Å². The molecule has 3 heterocycles. The number of thiazole rings is 1. The number of anilines is 1. The first kappa shape index (κ1) is 12.7. The zero-order valence-electron chi connectivity index (χ0n) is 10.7. The first-order valence-corrected chi connectivity index (χ1v) is 7.94. The number of aromatic nitrogens is 2. The molecule has 4 nitrogen and oxygen atoms in total. The molecule has 0 N–H and O–H groups in total. The third-order valence-electron chi connectivity index (χ3n) is 3.16. The highest BCUT2D eigenvalue weighted by Gasteiger charge is 2.33. The third kappa shape index (κ3) is 2.42. The lowest BCUT2D eigenvalue weighted by Crippen LogP contribution is -2.30. The molecule has 99 valence electrons. The lowest BCUT2D eigenvalue weighted by Gasteiger charge is -2.25. The Bertz CT molecular complexity index is 550. The SMILES string of the molecule is CCC(C)C1SC(c2cncs2)=[C]N1c1ccno1. The summed E-state index contributed by atoms with van der Waals surface area (Å²) in [5.41, 5.74) is 1.85. The highest BCUT2D eigenvalue weighted by Crippen LogP contribution is 2.45. The summed E-state index contributed by atoms with van der Waals surface area (Å²) in [6, 6.07) is 1.87. The van der Waals surface area contributed by atoms with Crippen LogP contribution < -0.4 is 4.90 Å². The summed E-state index contributed by atoms with van der Waals surface area (Å²) in [7, 11) is 0. The first-order valence-electron chi connectivity index (χ1n) is 6.18. The molecule has 3 rings (SSSR count). The average molecular weight is 292 g/mol. The topological polar surface area (TPSA) is 42.2 Å². The van der Waals surface area contributed by atoms with Crippen molar-refractivity contribution in [1.82, 2.24) is 10.1 Å². The van der Waals surface area contributed by atoms with Gasteiger partial charge in [-0.05, 0) is 5.92 Å². The minimum atomic E-state index is 0.301. The van der Waals surface area contributed by atoms with Crippen LogP contribution in [0.1, 0.15) is 25.1 Å². The Morgan fingerprint density at radius 3 is 3.11 bits per heavy atom. The molecule has 6 heteroatoms. The average Bonchev–Trinajstić information content (AvgIpc) is 3.14. The molecule has 0 aliphatic carbocycles. The van der Waals surface area contributed by atoms with Crippen molar-refractivity contribution in [1.29, 1.82) is 0 Å². The lowest BCUT2D eigenvalue weighted by atomic mass is 10.1. The van der Waals surface area contributed by atoms with Crippen LogP contribution in [0.4, 0.5) is 5.88 Å². The molecule has 2 atom stereocenters. The Hall–Kier alpha value is -1.27. The molecule has 0 aromatic carbocycles. The summed E-state index contributed by atoms with van der Waals surface area (Å²) in [6.45, 7) is 4.45. The van der Waals surface area contributed by atoms with Gasteiger partial charge in [0.2, 0.25) is 5.88 Å². The molecular formula is C13H14N3OS2. The summed E-state index contributed by atoms with van der Waals surface area (Å²) in [4.78, 5) is 8.47.